The highest BCUT2D eigenvalue weighted by molar-refractivity contribution is 6.25. The van der Waals surface area contributed by atoms with Crippen LogP contribution in [-0.4, -0.2) is 13.1 Å². The lowest BCUT2D eigenvalue weighted by Gasteiger charge is -2.27. The Hall–Kier alpha value is -0.0100. The molecule has 0 radical (unpaired) electrons. The van der Waals surface area contributed by atoms with E-state index < -0.39 is 0 Å². The molecule has 0 saturated heterocycles. The van der Waals surface area contributed by atoms with Gasteiger partial charge in [0.15, 0.2) is 0 Å². The highest BCUT2D eigenvalue weighted by Gasteiger charge is 2.18. The van der Waals surface area contributed by atoms with Crippen molar-refractivity contribution >= 4 is 11.6 Å². The molecule has 1 saturated carbocycles. The summed E-state index contributed by atoms with van der Waals surface area (Å²) < 4.78 is 0. The van der Waals surface area contributed by atoms with Gasteiger partial charge in [0.1, 0.15) is 0 Å². The molecule has 0 bridgehead atoms. The van der Waals surface area contributed by atoms with Gasteiger partial charge in [0.25, 0.3) is 0 Å². The maximum atomic E-state index is 5.44. The van der Waals surface area contributed by atoms with Gasteiger partial charge >= 0.3 is 0 Å². The van der Waals surface area contributed by atoms with E-state index in [0.717, 1.165) is 24.9 Å². The van der Waals surface area contributed by atoms with Gasteiger partial charge in [-0.15, -0.1) is 0 Å². The molecule has 0 aromatic carbocycles. The van der Waals surface area contributed by atoms with Gasteiger partial charge in [-0.25, -0.2) is 0 Å². The van der Waals surface area contributed by atoms with Crippen molar-refractivity contribution in [2.45, 2.75) is 39.0 Å². The van der Waals surface area contributed by atoms with Crippen molar-refractivity contribution in [3.05, 3.63) is 11.6 Å². The first-order chi connectivity index (χ1) is 6.86. The second kappa shape index (κ2) is 7.30. The van der Waals surface area contributed by atoms with Crippen molar-refractivity contribution in [2.75, 3.05) is 13.1 Å². The topological polar surface area (TPSA) is 12.0 Å². The number of hydrogen-bond donors (Lipinski definition) is 1. The minimum atomic E-state index is 0.904. The standard InChI is InChI=1S/C12H22ClN/c1-2-11-4-6-12(7-5-11)10-14-9-3-8-13/h3,8,11-12,14H,2,4-7,9-10H2,1H3/b8-3+. The molecule has 1 nitrogen and oxygen atoms in total. The minimum Gasteiger partial charge on any atom is -0.313 e. The van der Waals surface area contributed by atoms with Crippen LogP contribution in [0.1, 0.15) is 39.0 Å². The SMILES string of the molecule is CCC1CCC(CNC/C=C/Cl)CC1. The molecule has 1 aliphatic rings. The Labute approximate surface area is 92.9 Å². The second-order valence-electron chi connectivity index (χ2n) is 4.31. The molecule has 0 aromatic rings. The van der Waals surface area contributed by atoms with E-state index in [1.165, 1.54) is 32.1 Å². The summed E-state index contributed by atoms with van der Waals surface area (Å²) in [6.07, 6.45) is 9.03. The van der Waals surface area contributed by atoms with E-state index in [1.54, 1.807) is 5.54 Å². The van der Waals surface area contributed by atoms with Crippen LogP contribution >= 0.6 is 11.6 Å². The Morgan fingerprint density at radius 2 is 1.86 bits per heavy atom. The van der Waals surface area contributed by atoms with Crippen LogP contribution in [0.5, 0.6) is 0 Å². The number of rotatable bonds is 5. The molecule has 0 aliphatic heterocycles. The molecule has 1 N–H and O–H groups in total. The summed E-state index contributed by atoms with van der Waals surface area (Å²) in [5.74, 6) is 1.91. The molecule has 0 unspecified atom stereocenters. The molecule has 0 aromatic heterocycles. The van der Waals surface area contributed by atoms with Crippen LogP contribution in [0.2, 0.25) is 0 Å². The summed E-state index contributed by atoms with van der Waals surface area (Å²) in [6.45, 7) is 4.39. The molecule has 1 fully saturated rings. The van der Waals surface area contributed by atoms with E-state index in [9.17, 15) is 0 Å². The van der Waals surface area contributed by atoms with Gasteiger partial charge in [0.05, 0.1) is 0 Å². The molecule has 1 aliphatic carbocycles. The lowest BCUT2D eigenvalue weighted by atomic mass is 9.81. The van der Waals surface area contributed by atoms with Crippen molar-refractivity contribution in [2.24, 2.45) is 11.8 Å². The summed E-state index contributed by atoms with van der Waals surface area (Å²) in [7, 11) is 0. The quantitative estimate of drug-likeness (QED) is 0.692. The number of hydrogen-bond acceptors (Lipinski definition) is 1. The predicted molar refractivity (Wildman–Crippen MR) is 63.6 cm³/mol. The normalized spacial score (nSPS) is 28.4. The van der Waals surface area contributed by atoms with Gasteiger partial charge in [-0.2, -0.15) is 0 Å². The molecule has 0 spiro atoms. The molecular formula is C12H22ClN. The van der Waals surface area contributed by atoms with Crippen LogP contribution in [0.15, 0.2) is 11.6 Å². The van der Waals surface area contributed by atoms with Gasteiger partial charge in [0, 0.05) is 12.1 Å². The fraction of sp³-hybridized carbons (Fsp3) is 0.833. The second-order valence-corrected chi connectivity index (χ2v) is 4.57. The molecule has 14 heavy (non-hydrogen) atoms. The lowest BCUT2D eigenvalue weighted by molar-refractivity contribution is 0.264. The van der Waals surface area contributed by atoms with E-state index in [0.29, 0.717) is 0 Å². The predicted octanol–water partition coefficient (Wildman–Crippen LogP) is 3.54. The van der Waals surface area contributed by atoms with Crippen molar-refractivity contribution in [1.29, 1.82) is 0 Å². The highest BCUT2D eigenvalue weighted by Crippen LogP contribution is 2.29. The van der Waals surface area contributed by atoms with Gasteiger partial charge in [-0.05, 0) is 31.2 Å². The average molecular weight is 216 g/mol. The van der Waals surface area contributed by atoms with Gasteiger partial charge in [-0.1, -0.05) is 43.9 Å². The maximum Gasteiger partial charge on any atom is 0.0146 e. The highest BCUT2D eigenvalue weighted by atomic mass is 35.5. The zero-order valence-corrected chi connectivity index (χ0v) is 9.89. The van der Waals surface area contributed by atoms with Gasteiger partial charge in [0.2, 0.25) is 0 Å². The van der Waals surface area contributed by atoms with Crippen LogP contribution in [-0.2, 0) is 0 Å². The van der Waals surface area contributed by atoms with Crippen molar-refractivity contribution < 1.29 is 0 Å². The van der Waals surface area contributed by atoms with Gasteiger partial charge < -0.3 is 5.32 Å². The first-order valence-corrected chi connectivity index (χ1v) is 6.26. The first kappa shape index (κ1) is 12.1. The Bertz CT molecular complexity index is 160. The van der Waals surface area contributed by atoms with Crippen molar-refractivity contribution in [3.63, 3.8) is 0 Å². The van der Waals surface area contributed by atoms with Crippen molar-refractivity contribution in [3.8, 4) is 0 Å². The first-order valence-electron chi connectivity index (χ1n) is 5.82. The molecule has 0 atom stereocenters. The third-order valence-corrected chi connectivity index (χ3v) is 3.51. The zero-order valence-electron chi connectivity index (χ0n) is 9.14. The maximum absolute atomic E-state index is 5.44. The third kappa shape index (κ3) is 4.47. The summed E-state index contributed by atoms with van der Waals surface area (Å²) >= 11 is 5.44. The molecule has 1 rings (SSSR count). The number of halogens is 1. The number of nitrogens with one attached hydrogen (secondary N) is 1. The largest absolute Gasteiger partial charge is 0.313 e. The fourth-order valence-electron chi connectivity index (χ4n) is 2.26. The zero-order chi connectivity index (χ0) is 10.2. The van der Waals surface area contributed by atoms with Crippen LogP contribution in [0.4, 0.5) is 0 Å². The fourth-order valence-corrected chi connectivity index (χ4v) is 2.35. The smallest absolute Gasteiger partial charge is 0.0146 e. The Kier molecular flexibility index (Phi) is 6.29. The van der Waals surface area contributed by atoms with E-state index in [1.807, 2.05) is 6.08 Å². The lowest BCUT2D eigenvalue weighted by Crippen LogP contribution is -2.26. The van der Waals surface area contributed by atoms with Gasteiger partial charge in [-0.3, -0.25) is 0 Å². The molecular weight excluding hydrogens is 194 g/mol. The van der Waals surface area contributed by atoms with Crippen molar-refractivity contribution in [1.82, 2.24) is 5.32 Å². The monoisotopic (exact) mass is 215 g/mol. The molecule has 0 amide bonds. The summed E-state index contributed by atoms with van der Waals surface area (Å²) in [4.78, 5) is 0. The molecule has 0 heterocycles. The van der Waals surface area contributed by atoms with E-state index in [-0.39, 0.29) is 0 Å². The Balaban J connectivity index is 2.04. The average Bonchev–Trinajstić information content (AvgIpc) is 2.25. The minimum absolute atomic E-state index is 0.904. The van der Waals surface area contributed by atoms with Crippen LogP contribution in [0.3, 0.4) is 0 Å². The summed E-state index contributed by atoms with van der Waals surface area (Å²) in [6, 6.07) is 0. The van der Waals surface area contributed by atoms with Crippen LogP contribution < -0.4 is 5.32 Å². The van der Waals surface area contributed by atoms with E-state index in [2.05, 4.69) is 12.2 Å². The third-order valence-electron chi connectivity index (χ3n) is 3.33. The summed E-state index contributed by atoms with van der Waals surface area (Å²) in [5.41, 5.74) is 1.58. The summed E-state index contributed by atoms with van der Waals surface area (Å²) in [5, 5.41) is 3.42. The molecule has 82 valence electrons. The van der Waals surface area contributed by atoms with E-state index in [4.69, 9.17) is 11.6 Å². The Morgan fingerprint density at radius 1 is 1.21 bits per heavy atom. The Morgan fingerprint density at radius 3 is 2.43 bits per heavy atom. The van der Waals surface area contributed by atoms with Crippen LogP contribution in [0, 0.1) is 11.8 Å². The van der Waals surface area contributed by atoms with Crippen LogP contribution in [0.25, 0.3) is 0 Å². The van der Waals surface area contributed by atoms with E-state index >= 15 is 0 Å². The molecule has 2 heteroatoms.